The second-order valence-electron chi connectivity index (χ2n) is 7.94. The van der Waals surface area contributed by atoms with Crippen molar-refractivity contribution in [1.29, 1.82) is 0 Å². The molecule has 0 aromatic carbocycles. The predicted molar refractivity (Wildman–Crippen MR) is 128 cm³/mol. The fourth-order valence-corrected chi connectivity index (χ4v) is 2.84. The Labute approximate surface area is 212 Å². The van der Waals surface area contributed by atoms with Gasteiger partial charge in [-0.25, -0.2) is 9.36 Å². The number of rotatable bonds is 16. The smallest absolute Gasteiger partial charge is 0.469 e. The van der Waals surface area contributed by atoms with E-state index in [1.807, 2.05) is 0 Å². The van der Waals surface area contributed by atoms with Crippen LogP contribution >= 0.6 is 7.82 Å². The number of nitrogens with one attached hydrogen (secondary N) is 4. The first-order valence-electron chi connectivity index (χ1n) is 10.9. The molecule has 0 aliphatic heterocycles. The zero-order valence-electron chi connectivity index (χ0n) is 20.5. The summed E-state index contributed by atoms with van der Waals surface area (Å²) in [5.74, 6) is -5.11. The number of nitrogens with zero attached hydrogens (tertiary/aromatic N) is 1. The highest BCUT2D eigenvalue weighted by atomic mass is 31.2. The van der Waals surface area contributed by atoms with Crippen LogP contribution in [0.5, 0.6) is 0 Å². The molecule has 0 aromatic heterocycles. The molecule has 0 fully saturated rings. The molecule has 4 amide bonds. The maximum absolute atomic E-state index is 12.7. The number of carbonyl (C=O) groups excluding carboxylic acids is 4. The van der Waals surface area contributed by atoms with Crippen LogP contribution in [0.15, 0.2) is 4.99 Å². The molecule has 0 aliphatic carbocycles. The molecule has 0 radical (unpaired) electrons. The number of guanidine groups is 1. The molecule has 18 nitrogen and oxygen atoms in total. The first-order valence-corrected chi connectivity index (χ1v) is 12.4. The minimum atomic E-state index is -5.05. The summed E-state index contributed by atoms with van der Waals surface area (Å²) >= 11 is 0. The van der Waals surface area contributed by atoms with E-state index in [9.17, 15) is 33.6 Å². The van der Waals surface area contributed by atoms with Crippen LogP contribution in [0.4, 0.5) is 0 Å². The predicted octanol–water partition coefficient (Wildman–Crippen LogP) is -4.44. The average molecular weight is 554 g/mol. The van der Waals surface area contributed by atoms with Crippen LogP contribution in [0, 0.1) is 0 Å². The normalized spacial score (nSPS) is 15.2. The molecular formula is C18H35N8O10P. The van der Waals surface area contributed by atoms with Crippen LogP contribution in [0.1, 0.15) is 33.6 Å². The zero-order valence-corrected chi connectivity index (χ0v) is 21.4. The fraction of sp³-hybridized carbons (Fsp3) is 0.667. The van der Waals surface area contributed by atoms with Gasteiger partial charge in [-0.05, 0) is 33.6 Å². The molecule has 212 valence electrons. The number of carbonyl (C=O) groups is 5. The Morgan fingerprint density at radius 1 is 0.865 bits per heavy atom. The van der Waals surface area contributed by atoms with E-state index in [-0.39, 0.29) is 25.3 Å². The Bertz CT molecular complexity index is 905. The monoisotopic (exact) mass is 554 g/mol. The second-order valence-corrected chi connectivity index (χ2v) is 9.18. The van der Waals surface area contributed by atoms with Crippen LogP contribution < -0.4 is 38.5 Å². The standard InChI is InChI=1S/C18H35N8O10P/c1-8(19)13(27)23-9(2)15(29)26-12(7-36-37(33,34)35)16(30)24-10(3)14(28)25-11(17(31)32)5-4-6-22-18(20)21/h8-12H,4-7,19H2,1-3H3,(H,23,27)(H,24,30)(H,25,28)(H,26,29)(H,31,32)(H4,20,21,22)(H2,33,34,35)/t8-,9-,10-,11-,12-/m0/s1. The minimum absolute atomic E-state index is 0.0294. The van der Waals surface area contributed by atoms with E-state index in [2.05, 4.69) is 30.8 Å². The minimum Gasteiger partial charge on any atom is -0.480 e. The highest BCUT2D eigenvalue weighted by molar-refractivity contribution is 7.46. The summed E-state index contributed by atoms with van der Waals surface area (Å²) in [5, 5.41) is 18.2. The number of amides is 4. The summed E-state index contributed by atoms with van der Waals surface area (Å²) in [7, 11) is -5.05. The molecule has 37 heavy (non-hydrogen) atoms. The van der Waals surface area contributed by atoms with Gasteiger partial charge in [-0.15, -0.1) is 0 Å². The highest BCUT2D eigenvalue weighted by Gasteiger charge is 2.30. The Balaban J connectivity index is 5.27. The second kappa shape index (κ2) is 15.7. The van der Waals surface area contributed by atoms with Gasteiger partial charge in [-0.2, -0.15) is 0 Å². The average Bonchev–Trinajstić information content (AvgIpc) is 2.76. The number of aliphatic carboxylic acids is 1. The molecule has 0 rings (SSSR count). The first-order chi connectivity index (χ1) is 16.9. The summed E-state index contributed by atoms with van der Waals surface area (Å²) in [6, 6.07) is -6.51. The van der Waals surface area contributed by atoms with Crippen molar-refractivity contribution in [2.45, 2.75) is 63.8 Å². The topological polar surface area (TPSA) is 311 Å². The Kier molecular flexibility index (Phi) is 14.3. The number of carboxylic acids is 1. The van der Waals surface area contributed by atoms with Crippen molar-refractivity contribution in [3.8, 4) is 0 Å². The fourth-order valence-electron chi connectivity index (χ4n) is 2.50. The zero-order chi connectivity index (χ0) is 28.9. The molecule has 0 unspecified atom stereocenters. The van der Waals surface area contributed by atoms with Gasteiger partial charge in [-0.1, -0.05) is 0 Å². The molecule has 5 atom stereocenters. The lowest BCUT2D eigenvalue weighted by molar-refractivity contribution is -0.142. The van der Waals surface area contributed by atoms with Crippen LogP contribution in [0.3, 0.4) is 0 Å². The molecule has 13 N–H and O–H groups in total. The summed E-state index contributed by atoms with van der Waals surface area (Å²) in [5.41, 5.74) is 15.8. The molecule has 0 saturated carbocycles. The number of hydrogen-bond acceptors (Lipinski definition) is 9. The van der Waals surface area contributed by atoms with Gasteiger partial charge in [0.2, 0.25) is 23.6 Å². The van der Waals surface area contributed by atoms with Gasteiger partial charge in [0.05, 0.1) is 12.6 Å². The van der Waals surface area contributed by atoms with E-state index in [0.29, 0.717) is 0 Å². The Morgan fingerprint density at radius 3 is 1.78 bits per heavy atom. The SMILES string of the molecule is C[C@H](N)C(=O)N[C@@H](C)C(=O)N[C@@H](COP(=O)(O)O)C(=O)N[C@@H](C)C(=O)N[C@@H](CCCN=C(N)N)C(=O)O. The third-order valence-corrected chi connectivity index (χ3v) is 5.01. The van der Waals surface area contributed by atoms with Gasteiger partial charge in [0.15, 0.2) is 5.96 Å². The molecule has 0 aromatic rings. The van der Waals surface area contributed by atoms with Gasteiger partial charge < -0.3 is 53.4 Å². The summed E-state index contributed by atoms with van der Waals surface area (Å²) in [6.45, 7) is 2.98. The van der Waals surface area contributed by atoms with Crippen molar-refractivity contribution in [3.05, 3.63) is 0 Å². The molecule has 0 saturated heterocycles. The molecule has 0 bridgehead atoms. The summed E-state index contributed by atoms with van der Waals surface area (Å²) < 4.78 is 15.4. The maximum atomic E-state index is 12.7. The summed E-state index contributed by atoms with van der Waals surface area (Å²) in [6.07, 6.45) is 0.194. The summed E-state index contributed by atoms with van der Waals surface area (Å²) in [4.78, 5) is 82.2. The van der Waals surface area contributed by atoms with Crippen LogP contribution in [-0.4, -0.2) is 93.8 Å². The van der Waals surface area contributed by atoms with E-state index >= 15 is 0 Å². The van der Waals surface area contributed by atoms with Crippen molar-refractivity contribution in [3.63, 3.8) is 0 Å². The highest BCUT2D eigenvalue weighted by Crippen LogP contribution is 2.35. The van der Waals surface area contributed by atoms with Crippen molar-refractivity contribution in [2.24, 2.45) is 22.2 Å². The van der Waals surface area contributed by atoms with E-state index in [1.165, 1.54) is 20.8 Å². The van der Waals surface area contributed by atoms with Gasteiger partial charge in [0.25, 0.3) is 0 Å². The number of aliphatic imine (C=N–C) groups is 1. The molecule has 0 spiro atoms. The lowest BCUT2D eigenvalue weighted by Gasteiger charge is -2.24. The number of phosphoric ester groups is 1. The van der Waals surface area contributed by atoms with Crippen molar-refractivity contribution in [2.75, 3.05) is 13.2 Å². The van der Waals surface area contributed by atoms with E-state index in [1.54, 1.807) is 0 Å². The molecule has 0 aliphatic rings. The van der Waals surface area contributed by atoms with Crippen LogP contribution in [-0.2, 0) is 33.1 Å². The Morgan fingerprint density at radius 2 is 1.35 bits per heavy atom. The number of phosphoric acid groups is 1. The third kappa shape index (κ3) is 14.7. The van der Waals surface area contributed by atoms with E-state index < -0.39 is 74.2 Å². The number of nitrogens with two attached hydrogens (primary N) is 3. The quantitative estimate of drug-likeness (QED) is 0.0373. The largest absolute Gasteiger partial charge is 0.480 e. The number of hydrogen-bond donors (Lipinski definition) is 10. The van der Waals surface area contributed by atoms with E-state index in [4.69, 9.17) is 27.0 Å². The van der Waals surface area contributed by atoms with Gasteiger partial charge in [-0.3, -0.25) is 28.7 Å². The van der Waals surface area contributed by atoms with Crippen LogP contribution in [0.2, 0.25) is 0 Å². The third-order valence-electron chi connectivity index (χ3n) is 4.52. The number of carboxylic acid groups (broad SMARTS) is 1. The molecule has 0 heterocycles. The van der Waals surface area contributed by atoms with Crippen molar-refractivity contribution >= 4 is 43.4 Å². The van der Waals surface area contributed by atoms with Crippen LogP contribution in [0.25, 0.3) is 0 Å². The molecule has 19 heteroatoms. The lowest BCUT2D eigenvalue weighted by Crippen LogP contribution is -2.58. The van der Waals surface area contributed by atoms with Crippen molar-refractivity contribution < 1.29 is 48.0 Å². The van der Waals surface area contributed by atoms with Gasteiger partial charge in [0, 0.05) is 6.54 Å². The van der Waals surface area contributed by atoms with Gasteiger partial charge in [0.1, 0.15) is 24.2 Å². The first kappa shape index (κ1) is 33.7. The Hall–Kier alpha value is -3.31. The van der Waals surface area contributed by atoms with Crippen molar-refractivity contribution in [1.82, 2.24) is 21.3 Å². The molecular weight excluding hydrogens is 519 g/mol. The lowest BCUT2D eigenvalue weighted by atomic mass is 10.1. The maximum Gasteiger partial charge on any atom is 0.469 e. The van der Waals surface area contributed by atoms with E-state index in [0.717, 1.165) is 0 Å². The van der Waals surface area contributed by atoms with Gasteiger partial charge >= 0.3 is 13.8 Å².